The zero-order chi connectivity index (χ0) is 20.4. The fraction of sp³-hybridized carbons (Fsp3) is 0.286. The highest BCUT2D eigenvalue weighted by Gasteiger charge is 2.47. The molecular formula is C21H20N4O4. The van der Waals surface area contributed by atoms with Crippen LogP contribution in [0.25, 0.3) is 0 Å². The quantitative estimate of drug-likeness (QED) is 0.661. The molecule has 2 aliphatic heterocycles. The van der Waals surface area contributed by atoms with Gasteiger partial charge in [0.15, 0.2) is 11.8 Å². The third kappa shape index (κ3) is 3.60. The van der Waals surface area contributed by atoms with E-state index in [1.807, 2.05) is 12.1 Å². The van der Waals surface area contributed by atoms with Gasteiger partial charge < -0.3 is 25.4 Å². The molecule has 1 saturated heterocycles. The highest BCUT2D eigenvalue weighted by Crippen LogP contribution is 2.26. The van der Waals surface area contributed by atoms with Gasteiger partial charge in [0, 0.05) is 30.1 Å². The van der Waals surface area contributed by atoms with Gasteiger partial charge in [-0.1, -0.05) is 17.9 Å². The third-order valence-electron chi connectivity index (χ3n) is 5.09. The topological polar surface area (TPSA) is 104 Å². The van der Waals surface area contributed by atoms with Crippen molar-refractivity contribution in [1.82, 2.24) is 20.5 Å². The van der Waals surface area contributed by atoms with E-state index in [0.717, 1.165) is 5.56 Å². The van der Waals surface area contributed by atoms with E-state index in [9.17, 15) is 14.7 Å². The summed E-state index contributed by atoms with van der Waals surface area (Å²) < 4.78 is 5.23. The van der Waals surface area contributed by atoms with Crippen molar-refractivity contribution in [3.63, 3.8) is 0 Å². The molecule has 8 nitrogen and oxygen atoms in total. The summed E-state index contributed by atoms with van der Waals surface area (Å²) in [5.74, 6) is 6.29. The average molecular weight is 392 g/mol. The Morgan fingerprint density at radius 3 is 2.93 bits per heavy atom. The minimum absolute atomic E-state index is 0.0374. The van der Waals surface area contributed by atoms with Crippen molar-refractivity contribution >= 4 is 11.9 Å². The molecule has 3 N–H and O–H groups in total. The summed E-state index contributed by atoms with van der Waals surface area (Å²) in [5, 5.41) is 15.6. The van der Waals surface area contributed by atoms with E-state index in [4.69, 9.17) is 4.74 Å². The van der Waals surface area contributed by atoms with E-state index < -0.39 is 17.8 Å². The number of nitrogens with zero attached hydrogens (tertiary/aromatic N) is 2. The molecule has 2 aromatic rings. The second kappa shape index (κ2) is 7.45. The van der Waals surface area contributed by atoms with Crippen LogP contribution in [0.15, 0.2) is 42.7 Å². The van der Waals surface area contributed by atoms with Crippen molar-refractivity contribution in [1.29, 1.82) is 0 Å². The highest BCUT2D eigenvalue weighted by molar-refractivity contribution is 5.97. The first-order valence-corrected chi connectivity index (χ1v) is 9.17. The summed E-state index contributed by atoms with van der Waals surface area (Å²) in [4.78, 5) is 30.6. The lowest BCUT2D eigenvalue weighted by molar-refractivity contribution is 0.0575. The predicted molar refractivity (Wildman–Crippen MR) is 104 cm³/mol. The standard InChI is InChI=1S/C21H20N4O4/c1-29-16-5-4-15-7-10-25(18(26)17(15)11-16)13-21(19(27)23-20(28)24-21)8-6-14-3-2-9-22-12-14/h2-5,9,11-12,19,27H,7,10,13H2,1H3,(H2,23,24,28). The summed E-state index contributed by atoms with van der Waals surface area (Å²) in [7, 11) is 1.55. The summed E-state index contributed by atoms with van der Waals surface area (Å²) in [5.41, 5.74) is 0.800. The van der Waals surface area contributed by atoms with Crippen molar-refractivity contribution in [3.8, 4) is 17.6 Å². The first-order chi connectivity index (χ1) is 14.0. The Morgan fingerprint density at radius 1 is 1.38 bits per heavy atom. The number of nitrogens with one attached hydrogen (secondary N) is 2. The van der Waals surface area contributed by atoms with E-state index in [1.165, 1.54) is 0 Å². The molecule has 2 unspecified atom stereocenters. The van der Waals surface area contributed by atoms with Gasteiger partial charge in [0.05, 0.1) is 13.7 Å². The number of carbonyl (C=O) groups is 2. The summed E-state index contributed by atoms with van der Waals surface area (Å²) in [6, 6.07) is 8.41. The molecule has 1 aromatic heterocycles. The molecule has 0 saturated carbocycles. The number of hydrogen-bond donors (Lipinski definition) is 3. The molecule has 0 radical (unpaired) electrons. The van der Waals surface area contributed by atoms with Gasteiger partial charge in [-0.3, -0.25) is 9.78 Å². The fourth-order valence-corrected chi connectivity index (χ4v) is 3.52. The summed E-state index contributed by atoms with van der Waals surface area (Å²) in [6.07, 6.45) is 2.62. The van der Waals surface area contributed by atoms with Crippen LogP contribution in [0, 0.1) is 11.8 Å². The van der Waals surface area contributed by atoms with Crippen LogP contribution < -0.4 is 15.4 Å². The average Bonchev–Trinajstić information content (AvgIpc) is 3.02. The minimum atomic E-state index is -1.33. The van der Waals surface area contributed by atoms with Crippen LogP contribution in [0.4, 0.5) is 4.79 Å². The van der Waals surface area contributed by atoms with E-state index >= 15 is 0 Å². The number of aliphatic hydroxyl groups is 1. The number of ether oxygens (including phenoxy) is 1. The van der Waals surface area contributed by atoms with E-state index in [1.54, 1.807) is 42.6 Å². The summed E-state index contributed by atoms with van der Waals surface area (Å²) in [6.45, 7) is 0.493. The number of carbonyl (C=O) groups excluding carboxylic acids is 2. The van der Waals surface area contributed by atoms with Gasteiger partial charge in [0.25, 0.3) is 5.91 Å². The van der Waals surface area contributed by atoms with Crippen LogP contribution in [0.2, 0.25) is 0 Å². The Labute approximate surface area is 167 Å². The van der Waals surface area contributed by atoms with Crippen molar-refractivity contribution in [2.24, 2.45) is 0 Å². The summed E-state index contributed by atoms with van der Waals surface area (Å²) >= 11 is 0. The van der Waals surface area contributed by atoms with Gasteiger partial charge in [-0.15, -0.1) is 0 Å². The predicted octanol–water partition coefficient (Wildman–Crippen LogP) is 0.510. The van der Waals surface area contributed by atoms with Crippen LogP contribution in [0.5, 0.6) is 5.75 Å². The van der Waals surface area contributed by atoms with Crippen LogP contribution >= 0.6 is 0 Å². The maximum absolute atomic E-state index is 13.1. The SMILES string of the molecule is COc1ccc2c(c1)C(=O)N(CC1(C#Cc3cccnc3)NC(=O)NC1O)CC2. The molecule has 2 aliphatic rings. The van der Waals surface area contributed by atoms with E-state index in [2.05, 4.69) is 27.5 Å². The molecule has 29 heavy (non-hydrogen) atoms. The smallest absolute Gasteiger partial charge is 0.318 e. The van der Waals surface area contributed by atoms with Crippen LogP contribution in [-0.4, -0.2) is 58.9 Å². The molecule has 3 heterocycles. The molecule has 1 fully saturated rings. The third-order valence-corrected chi connectivity index (χ3v) is 5.09. The Bertz CT molecular complexity index is 1010. The Kier molecular flexibility index (Phi) is 4.82. The molecule has 0 aliphatic carbocycles. The number of urea groups is 1. The lowest BCUT2D eigenvalue weighted by Gasteiger charge is -2.35. The number of hydrogen-bond acceptors (Lipinski definition) is 5. The van der Waals surface area contributed by atoms with Crippen molar-refractivity contribution in [2.45, 2.75) is 18.2 Å². The van der Waals surface area contributed by atoms with E-state index in [-0.39, 0.29) is 12.5 Å². The Morgan fingerprint density at radius 2 is 2.24 bits per heavy atom. The minimum Gasteiger partial charge on any atom is -0.497 e. The molecule has 4 rings (SSSR count). The van der Waals surface area contributed by atoms with Crippen LogP contribution in [0.3, 0.4) is 0 Å². The van der Waals surface area contributed by atoms with Gasteiger partial charge in [-0.2, -0.15) is 0 Å². The lowest BCUT2D eigenvalue weighted by Crippen LogP contribution is -2.58. The molecule has 1 aromatic carbocycles. The van der Waals surface area contributed by atoms with Gasteiger partial charge >= 0.3 is 6.03 Å². The molecular weight excluding hydrogens is 372 g/mol. The number of pyridine rings is 1. The maximum Gasteiger partial charge on any atom is 0.318 e. The maximum atomic E-state index is 13.1. The number of fused-ring (bicyclic) bond motifs is 1. The monoisotopic (exact) mass is 392 g/mol. The van der Waals surface area contributed by atoms with Gasteiger partial charge in [-0.25, -0.2) is 4.79 Å². The Hall–Kier alpha value is -3.57. The number of aromatic nitrogens is 1. The van der Waals surface area contributed by atoms with Crippen molar-refractivity contribution in [2.75, 3.05) is 20.2 Å². The second-order valence-corrected chi connectivity index (χ2v) is 6.96. The molecule has 0 bridgehead atoms. The molecule has 8 heteroatoms. The number of amides is 3. The first kappa shape index (κ1) is 18.8. The van der Waals surface area contributed by atoms with Crippen LogP contribution in [0.1, 0.15) is 21.5 Å². The van der Waals surface area contributed by atoms with Crippen molar-refractivity contribution < 1.29 is 19.4 Å². The Balaban J connectivity index is 1.64. The largest absolute Gasteiger partial charge is 0.497 e. The first-order valence-electron chi connectivity index (χ1n) is 9.17. The number of methoxy groups -OCH3 is 1. The molecule has 148 valence electrons. The fourth-order valence-electron chi connectivity index (χ4n) is 3.52. The zero-order valence-corrected chi connectivity index (χ0v) is 15.8. The number of aliphatic hydroxyl groups excluding tert-OH is 1. The normalized spacial score (nSPS) is 22.8. The lowest BCUT2D eigenvalue weighted by atomic mass is 9.94. The number of rotatable bonds is 3. The van der Waals surface area contributed by atoms with Gasteiger partial charge in [-0.05, 0) is 36.2 Å². The van der Waals surface area contributed by atoms with E-state index in [0.29, 0.717) is 29.8 Å². The zero-order valence-electron chi connectivity index (χ0n) is 15.8. The number of benzene rings is 1. The molecule has 3 amide bonds. The molecule has 2 atom stereocenters. The van der Waals surface area contributed by atoms with Gasteiger partial charge in [0.2, 0.25) is 0 Å². The van der Waals surface area contributed by atoms with Gasteiger partial charge in [0.1, 0.15) is 5.75 Å². The molecule has 0 spiro atoms. The van der Waals surface area contributed by atoms with Crippen LogP contribution in [-0.2, 0) is 6.42 Å². The highest BCUT2D eigenvalue weighted by atomic mass is 16.5. The van der Waals surface area contributed by atoms with Crippen molar-refractivity contribution in [3.05, 3.63) is 59.4 Å². The second-order valence-electron chi connectivity index (χ2n) is 6.96.